The van der Waals surface area contributed by atoms with Gasteiger partial charge in [-0.1, -0.05) is 6.92 Å². The smallest absolute Gasteiger partial charge is 0.0897 e. The van der Waals surface area contributed by atoms with Gasteiger partial charge in [-0.2, -0.15) is 5.10 Å². The van der Waals surface area contributed by atoms with Crippen molar-refractivity contribution in [3.63, 3.8) is 0 Å². The molecule has 0 aromatic carbocycles. The maximum absolute atomic E-state index is 5.70. The van der Waals surface area contributed by atoms with Crippen LogP contribution in [-0.4, -0.2) is 20.8 Å². The molecule has 0 saturated carbocycles. The van der Waals surface area contributed by atoms with Gasteiger partial charge < -0.3 is 0 Å². The number of hydrogen-bond donors (Lipinski definition) is 2. The number of aryl methyl sites for hydroxylation is 3. The van der Waals surface area contributed by atoms with Crippen LogP contribution in [0.15, 0.2) is 11.4 Å². The summed E-state index contributed by atoms with van der Waals surface area (Å²) in [7, 11) is 0. The number of rotatable bonds is 7. The molecule has 0 aliphatic heterocycles. The first-order valence-electron chi connectivity index (χ1n) is 7.09. The molecule has 2 rings (SSSR count). The van der Waals surface area contributed by atoms with Gasteiger partial charge in [0, 0.05) is 36.5 Å². The van der Waals surface area contributed by atoms with Crippen molar-refractivity contribution in [1.82, 2.24) is 20.2 Å². The normalized spacial score (nSPS) is 12.8. The van der Waals surface area contributed by atoms with Gasteiger partial charge in [-0.05, 0) is 26.3 Å². The van der Waals surface area contributed by atoms with Gasteiger partial charge in [-0.15, -0.1) is 11.3 Å². The Morgan fingerprint density at radius 1 is 1.35 bits per heavy atom. The largest absolute Gasteiger partial charge is 0.271 e. The average Bonchev–Trinajstić information content (AvgIpc) is 3.04. The average molecular weight is 293 g/mol. The molecule has 6 heteroatoms. The lowest BCUT2D eigenvalue weighted by atomic mass is 10.1. The summed E-state index contributed by atoms with van der Waals surface area (Å²) in [4.78, 5) is 4.50. The van der Waals surface area contributed by atoms with Crippen LogP contribution in [0.1, 0.15) is 35.9 Å². The van der Waals surface area contributed by atoms with Crippen LogP contribution >= 0.6 is 11.3 Å². The van der Waals surface area contributed by atoms with Gasteiger partial charge in [0.15, 0.2) is 0 Å². The molecule has 0 radical (unpaired) electrons. The fraction of sp³-hybridized carbons (Fsp3) is 0.571. The van der Waals surface area contributed by atoms with Crippen molar-refractivity contribution >= 4 is 11.3 Å². The molecule has 0 bridgehead atoms. The van der Waals surface area contributed by atoms with Gasteiger partial charge in [-0.25, -0.2) is 4.98 Å². The summed E-state index contributed by atoms with van der Waals surface area (Å²) in [5, 5.41) is 7.79. The van der Waals surface area contributed by atoms with Crippen molar-refractivity contribution in [2.24, 2.45) is 5.84 Å². The lowest BCUT2D eigenvalue weighted by molar-refractivity contribution is 0.492. The third kappa shape index (κ3) is 3.65. The quantitative estimate of drug-likeness (QED) is 0.604. The van der Waals surface area contributed by atoms with Crippen LogP contribution in [0.5, 0.6) is 0 Å². The Bertz CT molecular complexity index is 546. The van der Waals surface area contributed by atoms with Crippen LogP contribution in [0.25, 0.3) is 0 Å². The van der Waals surface area contributed by atoms with Crippen molar-refractivity contribution in [2.75, 3.05) is 0 Å². The second kappa shape index (κ2) is 6.97. The molecule has 0 aliphatic rings. The second-order valence-corrected chi connectivity index (χ2v) is 5.99. The molecule has 5 nitrogen and oxygen atoms in total. The number of aromatic nitrogens is 3. The van der Waals surface area contributed by atoms with Crippen LogP contribution in [0.4, 0.5) is 0 Å². The Kier molecular flexibility index (Phi) is 5.28. The first-order chi connectivity index (χ1) is 9.66. The summed E-state index contributed by atoms with van der Waals surface area (Å²) in [5.41, 5.74) is 6.39. The van der Waals surface area contributed by atoms with Crippen molar-refractivity contribution in [2.45, 2.75) is 52.6 Å². The number of thiazole rings is 1. The van der Waals surface area contributed by atoms with E-state index < -0.39 is 0 Å². The number of nitrogens with zero attached hydrogens (tertiary/aromatic N) is 3. The Balaban J connectivity index is 2.07. The van der Waals surface area contributed by atoms with Crippen molar-refractivity contribution in [1.29, 1.82) is 0 Å². The highest BCUT2D eigenvalue weighted by molar-refractivity contribution is 7.09. The van der Waals surface area contributed by atoms with E-state index in [1.165, 1.54) is 5.69 Å². The highest BCUT2D eigenvalue weighted by atomic mass is 32.1. The third-order valence-electron chi connectivity index (χ3n) is 3.39. The first-order valence-corrected chi connectivity index (χ1v) is 7.96. The van der Waals surface area contributed by atoms with E-state index in [1.54, 1.807) is 11.3 Å². The Morgan fingerprint density at radius 2 is 2.15 bits per heavy atom. The zero-order valence-electron chi connectivity index (χ0n) is 12.4. The zero-order valence-corrected chi connectivity index (χ0v) is 13.2. The van der Waals surface area contributed by atoms with Crippen molar-refractivity contribution in [3.8, 4) is 0 Å². The first kappa shape index (κ1) is 15.2. The molecule has 2 heterocycles. The zero-order chi connectivity index (χ0) is 14.5. The molecule has 110 valence electrons. The van der Waals surface area contributed by atoms with E-state index in [4.69, 9.17) is 5.84 Å². The Labute approximate surface area is 124 Å². The maximum atomic E-state index is 5.70. The molecule has 20 heavy (non-hydrogen) atoms. The Morgan fingerprint density at radius 3 is 2.70 bits per heavy atom. The summed E-state index contributed by atoms with van der Waals surface area (Å²) < 4.78 is 2.06. The molecule has 0 fully saturated rings. The van der Waals surface area contributed by atoms with E-state index >= 15 is 0 Å². The molecular formula is C14H23N5S. The topological polar surface area (TPSA) is 68.8 Å². The molecule has 3 N–H and O–H groups in total. The maximum Gasteiger partial charge on any atom is 0.0897 e. The molecule has 0 amide bonds. The lowest BCUT2D eigenvalue weighted by Crippen LogP contribution is -2.39. The molecule has 2 aromatic heterocycles. The summed E-state index contributed by atoms with van der Waals surface area (Å²) in [6, 6.07) is 2.36. The third-order valence-corrected chi connectivity index (χ3v) is 4.21. The van der Waals surface area contributed by atoms with Gasteiger partial charge in [-0.3, -0.25) is 16.0 Å². The van der Waals surface area contributed by atoms with Gasteiger partial charge in [0.1, 0.15) is 0 Å². The molecule has 1 unspecified atom stereocenters. The Hall–Kier alpha value is -1.24. The predicted molar refractivity (Wildman–Crippen MR) is 82.6 cm³/mol. The fourth-order valence-electron chi connectivity index (χ4n) is 2.32. The SMILES string of the molecule is CCc1cc(CC(Cc2csc(C)n2)NN)n(CC)n1. The monoisotopic (exact) mass is 293 g/mol. The lowest BCUT2D eigenvalue weighted by Gasteiger charge is -2.15. The molecule has 0 aliphatic carbocycles. The molecular weight excluding hydrogens is 270 g/mol. The van der Waals surface area contributed by atoms with Crippen LogP contribution in [0.2, 0.25) is 0 Å². The molecule has 1 atom stereocenters. The summed E-state index contributed by atoms with van der Waals surface area (Å²) in [6.45, 7) is 7.16. The van der Waals surface area contributed by atoms with E-state index in [0.717, 1.165) is 42.2 Å². The minimum atomic E-state index is 0.184. The second-order valence-electron chi connectivity index (χ2n) is 4.93. The van der Waals surface area contributed by atoms with E-state index in [1.807, 2.05) is 6.92 Å². The summed E-state index contributed by atoms with van der Waals surface area (Å²) in [6.07, 6.45) is 2.68. The van der Waals surface area contributed by atoms with E-state index in [-0.39, 0.29) is 6.04 Å². The van der Waals surface area contributed by atoms with Gasteiger partial charge in [0.05, 0.1) is 16.4 Å². The number of nitrogens with two attached hydrogens (primary N) is 1. The highest BCUT2D eigenvalue weighted by Crippen LogP contribution is 2.13. The highest BCUT2D eigenvalue weighted by Gasteiger charge is 2.14. The van der Waals surface area contributed by atoms with Crippen LogP contribution < -0.4 is 11.3 Å². The predicted octanol–water partition coefficient (Wildman–Crippen LogP) is 1.85. The summed E-state index contributed by atoms with van der Waals surface area (Å²) in [5.74, 6) is 5.70. The van der Waals surface area contributed by atoms with E-state index in [9.17, 15) is 0 Å². The number of hydrazine groups is 1. The van der Waals surface area contributed by atoms with Crippen LogP contribution in [-0.2, 0) is 25.8 Å². The van der Waals surface area contributed by atoms with Crippen molar-refractivity contribution < 1.29 is 0 Å². The standard InChI is InChI=1S/C14H23N5S/c1-4-11-7-14(19(5-2)18-11)8-12(17-15)6-13-9-20-10(3)16-13/h7,9,12,17H,4-6,8,15H2,1-3H3. The number of nitrogens with one attached hydrogen (secondary N) is 1. The minimum absolute atomic E-state index is 0.184. The molecule has 0 spiro atoms. The van der Waals surface area contributed by atoms with Crippen LogP contribution in [0.3, 0.4) is 0 Å². The van der Waals surface area contributed by atoms with Gasteiger partial charge in [0.2, 0.25) is 0 Å². The van der Waals surface area contributed by atoms with Crippen molar-refractivity contribution in [3.05, 3.63) is 33.5 Å². The van der Waals surface area contributed by atoms with Gasteiger partial charge >= 0.3 is 0 Å². The van der Waals surface area contributed by atoms with E-state index in [2.05, 4.69) is 45.5 Å². The molecule has 0 saturated heterocycles. The minimum Gasteiger partial charge on any atom is -0.271 e. The molecule has 2 aromatic rings. The summed E-state index contributed by atoms with van der Waals surface area (Å²) >= 11 is 1.68. The fourth-order valence-corrected chi connectivity index (χ4v) is 2.95. The number of hydrogen-bond acceptors (Lipinski definition) is 5. The van der Waals surface area contributed by atoms with E-state index in [0.29, 0.717) is 0 Å². The van der Waals surface area contributed by atoms with Gasteiger partial charge in [0.25, 0.3) is 0 Å². The van der Waals surface area contributed by atoms with Crippen LogP contribution in [0, 0.1) is 6.92 Å².